The van der Waals surface area contributed by atoms with Gasteiger partial charge in [-0.05, 0) is 30.4 Å². The van der Waals surface area contributed by atoms with Crippen molar-refractivity contribution in [2.45, 2.75) is 44.6 Å². The number of aliphatic hydroxyl groups is 1. The van der Waals surface area contributed by atoms with Gasteiger partial charge in [0.15, 0.2) is 0 Å². The molecule has 88 valence electrons. The lowest BCUT2D eigenvalue weighted by molar-refractivity contribution is 0.0851. The topological polar surface area (TPSA) is 59.1 Å². The van der Waals surface area contributed by atoms with Gasteiger partial charge < -0.3 is 10.8 Å². The van der Waals surface area contributed by atoms with Gasteiger partial charge in [-0.3, -0.25) is 4.98 Å². The first-order valence-electron chi connectivity index (χ1n) is 6.14. The average molecular weight is 220 g/mol. The molecule has 2 rings (SSSR count). The zero-order valence-corrected chi connectivity index (χ0v) is 9.60. The number of anilines is 1. The summed E-state index contributed by atoms with van der Waals surface area (Å²) in [6.45, 7) is 0. The normalized spacial score (nSPS) is 19.6. The second kappa shape index (κ2) is 5.30. The van der Waals surface area contributed by atoms with Crippen LogP contribution in [-0.4, -0.2) is 16.2 Å². The summed E-state index contributed by atoms with van der Waals surface area (Å²) in [5.41, 5.74) is 7.56. The summed E-state index contributed by atoms with van der Waals surface area (Å²) in [5, 5.41) is 10.2. The molecule has 0 aliphatic heterocycles. The zero-order chi connectivity index (χ0) is 11.4. The number of rotatable bonds is 3. The first-order valence-corrected chi connectivity index (χ1v) is 6.14. The Labute approximate surface area is 96.7 Å². The molecule has 1 atom stereocenters. The third kappa shape index (κ3) is 2.73. The van der Waals surface area contributed by atoms with Crippen molar-refractivity contribution in [2.24, 2.45) is 5.92 Å². The van der Waals surface area contributed by atoms with E-state index >= 15 is 0 Å². The van der Waals surface area contributed by atoms with Gasteiger partial charge in [0.1, 0.15) is 0 Å². The van der Waals surface area contributed by atoms with Gasteiger partial charge in [-0.1, -0.05) is 19.3 Å². The van der Waals surface area contributed by atoms with E-state index in [2.05, 4.69) is 4.98 Å². The first kappa shape index (κ1) is 11.4. The molecule has 1 aromatic heterocycles. The summed E-state index contributed by atoms with van der Waals surface area (Å²) in [6.07, 6.45) is 9.97. The highest BCUT2D eigenvalue weighted by atomic mass is 16.3. The van der Waals surface area contributed by atoms with Crippen LogP contribution in [0.4, 0.5) is 5.69 Å². The fourth-order valence-electron chi connectivity index (χ4n) is 2.52. The number of aliphatic hydroxyl groups excluding tert-OH is 1. The molecule has 0 saturated heterocycles. The van der Waals surface area contributed by atoms with Crippen LogP contribution in [0.25, 0.3) is 0 Å². The van der Waals surface area contributed by atoms with Gasteiger partial charge in [0.05, 0.1) is 6.10 Å². The summed E-state index contributed by atoms with van der Waals surface area (Å²) in [6, 6.07) is 1.79. The molecule has 1 aromatic rings. The lowest BCUT2D eigenvalue weighted by Gasteiger charge is -2.26. The molecule has 1 fully saturated rings. The predicted molar refractivity (Wildman–Crippen MR) is 64.9 cm³/mol. The second-order valence-corrected chi connectivity index (χ2v) is 4.74. The van der Waals surface area contributed by atoms with Crippen molar-refractivity contribution in [3.05, 3.63) is 24.0 Å². The second-order valence-electron chi connectivity index (χ2n) is 4.74. The van der Waals surface area contributed by atoms with Gasteiger partial charge in [0.2, 0.25) is 0 Å². The summed E-state index contributed by atoms with van der Waals surface area (Å²) in [4.78, 5) is 4.05. The standard InChI is InChI=1S/C13H20N2O/c14-12-6-7-15-9-11(12)8-13(16)10-4-2-1-3-5-10/h6-7,9-10,13,16H,1-5,8H2,(H2,14,15). The summed E-state index contributed by atoms with van der Waals surface area (Å²) >= 11 is 0. The maximum absolute atomic E-state index is 10.2. The fraction of sp³-hybridized carbons (Fsp3) is 0.615. The lowest BCUT2D eigenvalue weighted by Crippen LogP contribution is -2.25. The van der Waals surface area contributed by atoms with E-state index in [0.717, 1.165) is 24.1 Å². The number of aromatic nitrogens is 1. The Morgan fingerprint density at radius 2 is 2.12 bits per heavy atom. The molecule has 1 saturated carbocycles. The molecule has 0 spiro atoms. The molecule has 1 unspecified atom stereocenters. The molecule has 3 nitrogen and oxygen atoms in total. The maximum atomic E-state index is 10.2. The molecule has 0 bridgehead atoms. The SMILES string of the molecule is Nc1ccncc1CC(O)C1CCCCC1. The van der Waals surface area contributed by atoms with E-state index in [-0.39, 0.29) is 6.10 Å². The first-order chi connectivity index (χ1) is 7.77. The minimum Gasteiger partial charge on any atom is -0.398 e. The Morgan fingerprint density at radius 3 is 2.81 bits per heavy atom. The Kier molecular flexibility index (Phi) is 3.78. The Balaban J connectivity index is 1.96. The number of hydrogen-bond acceptors (Lipinski definition) is 3. The highest BCUT2D eigenvalue weighted by Gasteiger charge is 2.22. The Morgan fingerprint density at radius 1 is 1.38 bits per heavy atom. The van der Waals surface area contributed by atoms with Crippen LogP contribution in [0, 0.1) is 5.92 Å². The lowest BCUT2D eigenvalue weighted by atomic mass is 9.83. The predicted octanol–water partition coefficient (Wildman–Crippen LogP) is 2.15. The summed E-state index contributed by atoms with van der Waals surface area (Å²) < 4.78 is 0. The average Bonchev–Trinajstić information content (AvgIpc) is 2.33. The Hall–Kier alpha value is -1.09. The number of pyridine rings is 1. The van der Waals surface area contributed by atoms with E-state index in [1.807, 2.05) is 0 Å². The monoisotopic (exact) mass is 220 g/mol. The van der Waals surface area contributed by atoms with E-state index in [1.165, 1.54) is 19.3 Å². The van der Waals surface area contributed by atoms with Crippen molar-refractivity contribution < 1.29 is 5.11 Å². The van der Waals surface area contributed by atoms with Crippen molar-refractivity contribution in [1.82, 2.24) is 4.98 Å². The molecule has 0 amide bonds. The van der Waals surface area contributed by atoms with Crippen molar-refractivity contribution in [1.29, 1.82) is 0 Å². The minimum atomic E-state index is -0.258. The molecule has 0 radical (unpaired) electrons. The summed E-state index contributed by atoms with van der Waals surface area (Å²) in [5.74, 6) is 0.452. The van der Waals surface area contributed by atoms with E-state index in [9.17, 15) is 5.11 Å². The van der Waals surface area contributed by atoms with Crippen LogP contribution < -0.4 is 5.73 Å². The quantitative estimate of drug-likeness (QED) is 0.820. The van der Waals surface area contributed by atoms with Crippen LogP contribution >= 0.6 is 0 Å². The number of hydrogen-bond donors (Lipinski definition) is 2. The third-order valence-electron chi connectivity index (χ3n) is 3.56. The Bertz CT molecular complexity index is 334. The molecule has 1 heterocycles. The van der Waals surface area contributed by atoms with Gasteiger partial charge in [-0.25, -0.2) is 0 Å². The van der Waals surface area contributed by atoms with Crippen LogP contribution in [0.3, 0.4) is 0 Å². The molecular formula is C13H20N2O. The van der Waals surface area contributed by atoms with E-state index in [4.69, 9.17) is 5.73 Å². The van der Waals surface area contributed by atoms with E-state index < -0.39 is 0 Å². The molecule has 3 heteroatoms. The van der Waals surface area contributed by atoms with Gasteiger partial charge in [-0.15, -0.1) is 0 Å². The number of nitrogens with two attached hydrogens (primary N) is 1. The van der Waals surface area contributed by atoms with Crippen LogP contribution in [0.2, 0.25) is 0 Å². The number of nitrogen functional groups attached to an aromatic ring is 1. The molecule has 16 heavy (non-hydrogen) atoms. The molecule has 1 aliphatic rings. The van der Waals surface area contributed by atoms with Crippen molar-refractivity contribution in [3.8, 4) is 0 Å². The van der Waals surface area contributed by atoms with Crippen molar-refractivity contribution in [3.63, 3.8) is 0 Å². The third-order valence-corrected chi connectivity index (χ3v) is 3.56. The van der Waals surface area contributed by atoms with Crippen LogP contribution in [0.1, 0.15) is 37.7 Å². The minimum absolute atomic E-state index is 0.258. The molecule has 1 aliphatic carbocycles. The maximum Gasteiger partial charge on any atom is 0.0610 e. The van der Waals surface area contributed by atoms with Crippen LogP contribution in [-0.2, 0) is 6.42 Å². The van der Waals surface area contributed by atoms with Gasteiger partial charge in [0.25, 0.3) is 0 Å². The van der Waals surface area contributed by atoms with E-state index in [1.54, 1.807) is 18.5 Å². The zero-order valence-electron chi connectivity index (χ0n) is 9.60. The van der Waals surface area contributed by atoms with Gasteiger partial charge in [-0.2, -0.15) is 0 Å². The fourth-order valence-corrected chi connectivity index (χ4v) is 2.52. The highest BCUT2D eigenvalue weighted by Crippen LogP contribution is 2.28. The molecule has 0 aromatic carbocycles. The summed E-state index contributed by atoms with van der Waals surface area (Å²) in [7, 11) is 0. The molecular weight excluding hydrogens is 200 g/mol. The van der Waals surface area contributed by atoms with Crippen molar-refractivity contribution >= 4 is 5.69 Å². The van der Waals surface area contributed by atoms with Gasteiger partial charge in [0, 0.05) is 24.5 Å². The van der Waals surface area contributed by atoms with E-state index in [0.29, 0.717) is 12.3 Å². The van der Waals surface area contributed by atoms with Gasteiger partial charge >= 0.3 is 0 Å². The van der Waals surface area contributed by atoms with Crippen LogP contribution in [0.5, 0.6) is 0 Å². The van der Waals surface area contributed by atoms with Crippen LogP contribution in [0.15, 0.2) is 18.5 Å². The highest BCUT2D eigenvalue weighted by molar-refractivity contribution is 5.44. The molecule has 3 N–H and O–H groups in total. The van der Waals surface area contributed by atoms with Crippen molar-refractivity contribution in [2.75, 3.05) is 5.73 Å². The largest absolute Gasteiger partial charge is 0.398 e. The smallest absolute Gasteiger partial charge is 0.0610 e. The number of nitrogens with zero attached hydrogens (tertiary/aromatic N) is 1.